The predicted octanol–water partition coefficient (Wildman–Crippen LogP) is 5.22. The van der Waals surface area contributed by atoms with Crippen LogP contribution in [0, 0.1) is 11.2 Å². The Bertz CT molecular complexity index is 1390. The average molecular weight is 557 g/mol. The largest absolute Gasteiger partial charge is 0.416 e. The summed E-state index contributed by atoms with van der Waals surface area (Å²) in [4.78, 5) is 22.3. The summed E-state index contributed by atoms with van der Waals surface area (Å²) in [6, 6.07) is 8.19. The molecule has 3 rings (SSSR count). The van der Waals surface area contributed by atoms with Gasteiger partial charge in [-0.15, -0.1) is 0 Å². The van der Waals surface area contributed by atoms with Crippen molar-refractivity contribution in [1.29, 1.82) is 5.41 Å². The lowest BCUT2D eigenvalue weighted by atomic mass is 10.1. The third kappa shape index (κ3) is 8.36. The summed E-state index contributed by atoms with van der Waals surface area (Å²) < 4.78 is 54.0. The molecule has 0 bridgehead atoms. The first kappa shape index (κ1) is 29.8. The number of nitrogens with one attached hydrogen (secondary N) is 5. The van der Waals surface area contributed by atoms with Crippen molar-refractivity contribution in [3.8, 4) is 11.1 Å². The first-order chi connectivity index (χ1) is 19.0. The second-order valence-electron chi connectivity index (χ2n) is 8.67. The van der Waals surface area contributed by atoms with Gasteiger partial charge in [0, 0.05) is 43.0 Å². The molecule has 9 nitrogen and oxygen atoms in total. The SMILES string of the molecule is C=CC(=O)Nc1ccc(F)c(Nc2nc(N/C(C=N)=C/NCCN(C)C)ncc2-c2ccc(C(F)(F)F)cc2)c1. The lowest BCUT2D eigenvalue weighted by Gasteiger charge is -2.15. The first-order valence-corrected chi connectivity index (χ1v) is 11.9. The molecule has 210 valence electrons. The summed E-state index contributed by atoms with van der Waals surface area (Å²) in [5, 5.41) is 19.0. The summed E-state index contributed by atoms with van der Waals surface area (Å²) in [5.41, 5.74) is 0.329. The molecule has 0 radical (unpaired) electrons. The van der Waals surface area contributed by atoms with E-state index in [-0.39, 0.29) is 28.7 Å². The van der Waals surface area contributed by atoms with E-state index in [0.717, 1.165) is 37.0 Å². The zero-order chi connectivity index (χ0) is 29.3. The molecule has 2 aromatic carbocycles. The molecule has 40 heavy (non-hydrogen) atoms. The Morgan fingerprint density at radius 3 is 2.48 bits per heavy atom. The van der Waals surface area contributed by atoms with Crippen molar-refractivity contribution >= 4 is 35.3 Å². The normalized spacial score (nSPS) is 11.6. The Balaban J connectivity index is 1.99. The lowest BCUT2D eigenvalue weighted by molar-refractivity contribution is -0.137. The van der Waals surface area contributed by atoms with E-state index in [4.69, 9.17) is 5.41 Å². The van der Waals surface area contributed by atoms with Crippen molar-refractivity contribution in [1.82, 2.24) is 20.2 Å². The van der Waals surface area contributed by atoms with Crippen LogP contribution < -0.4 is 21.3 Å². The summed E-state index contributed by atoms with van der Waals surface area (Å²) >= 11 is 0. The zero-order valence-corrected chi connectivity index (χ0v) is 21.7. The van der Waals surface area contributed by atoms with Crippen molar-refractivity contribution in [2.45, 2.75) is 6.18 Å². The van der Waals surface area contributed by atoms with Gasteiger partial charge in [-0.25, -0.2) is 9.37 Å². The highest BCUT2D eigenvalue weighted by atomic mass is 19.4. The van der Waals surface area contributed by atoms with Gasteiger partial charge in [0.2, 0.25) is 11.9 Å². The van der Waals surface area contributed by atoms with Gasteiger partial charge in [-0.2, -0.15) is 18.2 Å². The number of likely N-dealkylation sites (N-methyl/N-ethyl adjacent to an activating group) is 1. The lowest BCUT2D eigenvalue weighted by Crippen LogP contribution is -2.24. The molecule has 13 heteroatoms. The molecular formula is C27H28F4N8O. The number of halogens is 4. The highest BCUT2D eigenvalue weighted by Crippen LogP contribution is 2.34. The molecule has 0 fully saturated rings. The number of benzene rings is 2. The van der Waals surface area contributed by atoms with Crippen LogP contribution >= 0.6 is 0 Å². The molecule has 0 saturated carbocycles. The summed E-state index contributed by atoms with van der Waals surface area (Å²) in [5.74, 6) is -1.07. The maximum absolute atomic E-state index is 14.8. The van der Waals surface area contributed by atoms with Crippen molar-refractivity contribution < 1.29 is 22.4 Å². The Labute approximate surface area is 228 Å². The van der Waals surface area contributed by atoms with Crippen LogP contribution in [0.2, 0.25) is 0 Å². The fraction of sp³-hybridized carbons (Fsp3) is 0.185. The van der Waals surface area contributed by atoms with E-state index in [1.54, 1.807) is 6.20 Å². The highest BCUT2D eigenvalue weighted by molar-refractivity contribution is 5.99. The fourth-order valence-electron chi connectivity index (χ4n) is 3.32. The number of allylic oxidation sites excluding steroid dienone is 1. The van der Waals surface area contributed by atoms with Gasteiger partial charge in [0.1, 0.15) is 11.6 Å². The Kier molecular flexibility index (Phi) is 9.92. The van der Waals surface area contributed by atoms with Crippen LogP contribution in [0.5, 0.6) is 0 Å². The van der Waals surface area contributed by atoms with Crippen LogP contribution in [0.15, 0.2) is 73.2 Å². The van der Waals surface area contributed by atoms with Gasteiger partial charge in [-0.3, -0.25) is 4.79 Å². The third-order valence-corrected chi connectivity index (χ3v) is 5.36. The van der Waals surface area contributed by atoms with Crippen molar-refractivity contribution in [2.75, 3.05) is 43.1 Å². The molecule has 1 heterocycles. The Hall–Kier alpha value is -4.78. The van der Waals surface area contributed by atoms with E-state index in [9.17, 15) is 22.4 Å². The van der Waals surface area contributed by atoms with Crippen LogP contribution in [-0.4, -0.2) is 54.2 Å². The van der Waals surface area contributed by atoms with E-state index in [1.807, 2.05) is 19.0 Å². The molecule has 0 atom stereocenters. The predicted molar refractivity (Wildman–Crippen MR) is 148 cm³/mol. The van der Waals surface area contributed by atoms with Crippen LogP contribution in [-0.2, 0) is 11.0 Å². The first-order valence-electron chi connectivity index (χ1n) is 11.9. The Morgan fingerprint density at radius 1 is 1.12 bits per heavy atom. The molecular weight excluding hydrogens is 528 g/mol. The van der Waals surface area contributed by atoms with Crippen molar-refractivity contribution in [3.63, 3.8) is 0 Å². The minimum atomic E-state index is -4.51. The monoisotopic (exact) mass is 556 g/mol. The van der Waals surface area contributed by atoms with Crippen LogP contribution in [0.4, 0.5) is 40.7 Å². The number of alkyl halides is 3. The molecule has 0 spiro atoms. The molecule has 0 saturated heterocycles. The van der Waals surface area contributed by atoms with E-state index >= 15 is 0 Å². The average Bonchev–Trinajstić information content (AvgIpc) is 2.91. The van der Waals surface area contributed by atoms with Gasteiger partial charge in [0.15, 0.2) is 0 Å². The summed E-state index contributed by atoms with van der Waals surface area (Å²) in [7, 11) is 3.85. The fourth-order valence-corrected chi connectivity index (χ4v) is 3.32. The smallest absolute Gasteiger partial charge is 0.388 e. The van der Waals surface area contributed by atoms with Gasteiger partial charge in [-0.1, -0.05) is 18.7 Å². The highest BCUT2D eigenvalue weighted by Gasteiger charge is 2.30. The molecule has 0 aliphatic rings. The molecule has 0 aliphatic carbocycles. The number of hydrogen-bond acceptors (Lipinski definition) is 8. The second kappa shape index (κ2) is 13.3. The number of hydrogen-bond donors (Lipinski definition) is 5. The summed E-state index contributed by atoms with van der Waals surface area (Å²) in [6.45, 7) is 4.75. The number of aromatic nitrogens is 2. The van der Waals surface area contributed by atoms with E-state index in [0.29, 0.717) is 17.8 Å². The Morgan fingerprint density at radius 2 is 1.85 bits per heavy atom. The number of anilines is 4. The molecule has 0 unspecified atom stereocenters. The second-order valence-corrected chi connectivity index (χ2v) is 8.67. The van der Waals surface area contributed by atoms with E-state index in [2.05, 4.69) is 37.8 Å². The molecule has 5 N–H and O–H groups in total. The number of nitrogens with zero attached hydrogens (tertiary/aromatic N) is 3. The van der Waals surface area contributed by atoms with Crippen molar-refractivity contribution in [2.24, 2.45) is 0 Å². The molecule has 1 aromatic heterocycles. The van der Waals surface area contributed by atoms with Crippen molar-refractivity contribution in [3.05, 3.63) is 84.6 Å². The van der Waals surface area contributed by atoms with Gasteiger partial charge >= 0.3 is 6.18 Å². The minimum absolute atomic E-state index is 0.0406. The van der Waals surface area contributed by atoms with E-state index in [1.165, 1.54) is 30.5 Å². The number of rotatable bonds is 12. The number of carbonyl (C=O) groups excluding carboxylic acids is 1. The topological polar surface area (TPSA) is 118 Å². The summed E-state index contributed by atoms with van der Waals surface area (Å²) in [6.07, 6.45) is 0.532. The van der Waals surface area contributed by atoms with Gasteiger partial charge < -0.3 is 31.6 Å². The van der Waals surface area contributed by atoms with Gasteiger partial charge in [0.05, 0.1) is 16.9 Å². The standard InChI is InChI=1S/C27H28F4N8O/c1-4-24(40)35-19-9-10-22(28)23(13-19)37-25-21(17-5-7-18(8-6-17)27(29,30)31)16-34-26(38-25)36-20(14-32)15-33-11-12-39(2)3/h4-10,13-16,32-33H,1,11-12H2,2-3H3,(H,35,40)(H2,34,36,37,38)/b20-15+,32-14?. The van der Waals surface area contributed by atoms with Gasteiger partial charge in [0.25, 0.3) is 0 Å². The van der Waals surface area contributed by atoms with Crippen LogP contribution in [0.25, 0.3) is 11.1 Å². The maximum Gasteiger partial charge on any atom is 0.416 e. The molecule has 3 aromatic rings. The quantitative estimate of drug-likeness (QED) is 0.0898. The number of amides is 1. The van der Waals surface area contributed by atoms with Crippen LogP contribution in [0.3, 0.4) is 0 Å². The zero-order valence-electron chi connectivity index (χ0n) is 21.7. The molecule has 1 amide bonds. The minimum Gasteiger partial charge on any atom is -0.388 e. The van der Waals surface area contributed by atoms with Gasteiger partial charge in [-0.05, 0) is 56.1 Å². The van der Waals surface area contributed by atoms with E-state index < -0.39 is 23.5 Å². The number of carbonyl (C=O) groups is 1. The molecule has 0 aliphatic heterocycles. The third-order valence-electron chi connectivity index (χ3n) is 5.36. The maximum atomic E-state index is 14.8. The van der Waals surface area contributed by atoms with Crippen LogP contribution in [0.1, 0.15) is 5.56 Å².